The summed E-state index contributed by atoms with van der Waals surface area (Å²) in [6, 6.07) is 10.5. The lowest BCUT2D eigenvalue weighted by atomic mass is 9.72. The molecule has 3 rings (SSSR count). The summed E-state index contributed by atoms with van der Waals surface area (Å²) in [6.07, 6.45) is 0.116. The second-order valence-corrected chi connectivity index (χ2v) is 8.53. The molecule has 1 aliphatic rings. The zero-order valence-corrected chi connectivity index (χ0v) is 18.6. The van der Waals surface area contributed by atoms with E-state index in [1.54, 1.807) is 12.1 Å². The molecule has 0 bridgehead atoms. The maximum atomic E-state index is 12.7. The third kappa shape index (κ3) is 6.27. The van der Waals surface area contributed by atoms with Gasteiger partial charge in [-0.25, -0.2) is 0 Å². The SMILES string of the molecule is Cl.OC1(C(CNCc2ccc(C(F)(F)F)cc2)c2ccc(Cl)c(Cl)c2)CCCCC1. The van der Waals surface area contributed by atoms with Crippen LogP contribution in [0.25, 0.3) is 0 Å². The van der Waals surface area contributed by atoms with Crippen molar-refractivity contribution in [2.75, 3.05) is 6.54 Å². The molecule has 1 atom stereocenters. The van der Waals surface area contributed by atoms with Crippen molar-refractivity contribution in [3.63, 3.8) is 0 Å². The van der Waals surface area contributed by atoms with Crippen molar-refractivity contribution in [2.24, 2.45) is 0 Å². The number of aliphatic hydroxyl groups is 1. The Bertz CT molecular complexity index is 821. The van der Waals surface area contributed by atoms with Gasteiger partial charge in [0.25, 0.3) is 0 Å². The molecule has 0 aromatic heterocycles. The van der Waals surface area contributed by atoms with Gasteiger partial charge in [-0.3, -0.25) is 0 Å². The third-order valence-electron chi connectivity index (χ3n) is 5.67. The van der Waals surface area contributed by atoms with Crippen molar-refractivity contribution in [2.45, 2.75) is 56.3 Å². The van der Waals surface area contributed by atoms with Crippen LogP contribution in [0.1, 0.15) is 54.7 Å². The monoisotopic (exact) mass is 481 g/mol. The molecule has 166 valence electrons. The first-order valence-corrected chi connectivity index (χ1v) is 10.5. The second-order valence-electron chi connectivity index (χ2n) is 7.72. The van der Waals surface area contributed by atoms with Crippen molar-refractivity contribution < 1.29 is 18.3 Å². The van der Waals surface area contributed by atoms with E-state index in [4.69, 9.17) is 23.2 Å². The molecule has 0 saturated heterocycles. The van der Waals surface area contributed by atoms with Crippen LogP contribution in [0.3, 0.4) is 0 Å². The molecule has 0 heterocycles. The zero-order chi connectivity index (χ0) is 21.1. The van der Waals surface area contributed by atoms with Gasteiger partial charge in [-0.2, -0.15) is 13.2 Å². The zero-order valence-electron chi connectivity index (χ0n) is 16.3. The lowest BCUT2D eigenvalue weighted by molar-refractivity contribution is -0.137. The minimum absolute atomic E-state index is 0. The van der Waals surface area contributed by atoms with Gasteiger partial charge in [0.05, 0.1) is 21.2 Å². The minimum Gasteiger partial charge on any atom is -0.389 e. The fourth-order valence-electron chi connectivity index (χ4n) is 4.03. The Morgan fingerprint density at radius 2 is 1.60 bits per heavy atom. The first-order valence-electron chi connectivity index (χ1n) is 9.73. The van der Waals surface area contributed by atoms with Crippen molar-refractivity contribution in [1.29, 1.82) is 0 Å². The van der Waals surface area contributed by atoms with Gasteiger partial charge in [0.1, 0.15) is 0 Å². The summed E-state index contributed by atoms with van der Waals surface area (Å²) in [5.74, 6) is -0.188. The summed E-state index contributed by atoms with van der Waals surface area (Å²) in [5.41, 5.74) is 0.152. The minimum atomic E-state index is -4.34. The Morgan fingerprint density at radius 3 is 2.17 bits per heavy atom. The lowest BCUT2D eigenvalue weighted by Gasteiger charge is -2.40. The van der Waals surface area contributed by atoms with Gasteiger partial charge < -0.3 is 10.4 Å². The first-order chi connectivity index (χ1) is 13.7. The topological polar surface area (TPSA) is 32.3 Å². The van der Waals surface area contributed by atoms with E-state index < -0.39 is 17.3 Å². The van der Waals surface area contributed by atoms with Crippen LogP contribution in [0.15, 0.2) is 42.5 Å². The Kier molecular flexibility index (Phi) is 8.90. The maximum Gasteiger partial charge on any atom is 0.416 e. The molecular formula is C22H25Cl3F3NO. The normalized spacial score (nSPS) is 17.3. The Balaban J connectivity index is 0.00000320. The van der Waals surface area contributed by atoms with Crippen LogP contribution in [0.2, 0.25) is 10.0 Å². The summed E-state index contributed by atoms with van der Waals surface area (Å²) in [6.45, 7) is 0.890. The van der Waals surface area contributed by atoms with Gasteiger partial charge in [-0.1, -0.05) is 60.7 Å². The number of nitrogens with one attached hydrogen (secondary N) is 1. The summed E-state index contributed by atoms with van der Waals surface area (Å²) < 4.78 is 38.1. The van der Waals surface area contributed by atoms with Crippen molar-refractivity contribution in [1.82, 2.24) is 5.32 Å². The summed E-state index contributed by atoms with van der Waals surface area (Å²) in [4.78, 5) is 0. The maximum absolute atomic E-state index is 12.7. The molecule has 2 nitrogen and oxygen atoms in total. The van der Waals surface area contributed by atoms with E-state index in [0.717, 1.165) is 42.5 Å². The Labute approximate surface area is 191 Å². The lowest BCUT2D eigenvalue weighted by Crippen LogP contribution is -2.43. The van der Waals surface area contributed by atoms with Crippen molar-refractivity contribution in [3.8, 4) is 0 Å². The van der Waals surface area contributed by atoms with Gasteiger partial charge in [0, 0.05) is 19.0 Å². The van der Waals surface area contributed by atoms with Crippen LogP contribution in [0, 0.1) is 0 Å². The molecule has 8 heteroatoms. The Morgan fingerprint density at radius 1 is 0.967 bits per heavy atom. The fraction of sp³-hybridized carbons (Fsp3) is 0.455. The predicted octanol–water partition coefficient (Wildman–Crippen LogP) is 7.00. The molecule has 2 N–H and O–H groups in total. The standard InChI is InChI=1S/C22H24Cl2F3NO.ClH/c23-19-9-6-16(12-20(19)24)18(21(29)10-2-1-3-11-21)14-28-13-15-4-7-17(8-5-15)22(25,26)27;/h4-9,12,18,28-29H,1-3,10-11,13-14H2;1H. The molecule has 1 fully saturated rings. The van der Waals surface area contributed by atoms with Gasteiger partial charge in [-0.05, 0) is 48.2 Å². The van der Waals surface area contributed by atoms with E-state index in [0.29, 0.717) is 36.0 Å². The highest BCUT2D eigenvalue weighted by Crippen LogP contribution is 2.41. The summed E-state index contributed by atoms with van der Waals surface area (Å²) >= 11 is 12.2. The number of rotatable bonds is 6. The molecule has 2 aromatic carbocycles. The van der Waals surface area contributed by atoms with Crippen LogP contribution in [0.4, 0.5) is 13.2 Å². The Hall–Kier alpha value is -0.980. The third-order valence-corrected chi connectivity index (χ3v) is 6.41. The average Bonchev–Trinajstić information content (AvgIpc) is 2.68. The number of alkyl halides is 3. The molecule has 1 unspecified atom stereocenters. The molecular weight excluding hydrogens is 458 g/mol. The van der Waals surface area contributed by atoms with Crippen LogP contribution < -0.4 is 5.32 Å². The van der Waals surface area contributed by atoms with Crippen LogP contribution in [-0.2, 0) is 12.7 Å². The van der Waals surface area contributed by atoms with Crippen molar-refractivity contribution in [3.05, 3.63) is 69.2 Å². The van der Waals surface area contributed by atoms with E-state index in [9.17, 15) is 18.3 Å². The summed E-state index contributed by atoms with van der Waals surface area (Å²) in [5, 5.41) is 15.5. The van der Waals surface area contributed by atoms with Crippen LogP contribution >= 0.6 is 35.6 Å². The van der Waals surface area contributed by atoms with E-state index >= 15 is 0 Å². The van der Waals surface area contributed by atoms with Gasteiger partial charge in [0.15, 0.2) is 0 Å². The molecule has 0 radical (unpaired) electrons. The average molecular weight is 483 g/mol. The molecule has 2 aromatic rings. The number of hydrogen-bond acceptors (Lipinski definition) is 2. The van der Waals surface area contributed by atoms with E-state index in [-0.39, 0.29) is 18.3 Å². The molecule has 0 aliphatic heterocycles. The van der Waals surface area contributed by atoms with Crippen LogP contribution in [-0.4, -0.2) is 17.3 Å². The van der Waals surface area contributed by atoms with Crippen molar-refractivity contribution >= 4 is 35.6 Å². The molecule has 0 amide bonds. The molecule has 0 spiro atoms. The first kappa shape index (κ1) is 25.3. The largest absolute Gasteiger partial charge is 0.416 e. The van der Waals surface area contributed by atoms with E-state index in [2.05, 4.69) is 5.32 Å². The van der Waals surface area contributed by atoms with Gasteiger partial charge in [-0.15, -0.1) is 12.4 Å². The van der Waals surface area contributed by atoms with Gasteiger partial charge in [0.2, 0.25) is 0 Å². The van der Waals surface area contributed by atoms with E-state index in [1.807, 2.05) is 6.07 Å². The highest BCUT2D eigenvalue weighted by Gasteiger charge is 2.38. The number of benzene rings is 2. The summed E-state index contributed by atoms with van der Waals surface area (Å²) in [7, 11) is 0. The highest BCUT2D eigenvalue weighted by molar-refractivity contribution is 6.42. The van der Waals surface area contributed by atoms with Crippen LogP contribution in [0.5, 0.6) is 0 Å². The molecule has 30 heavy (non-hydrogen) atoms. The fourth-order valence-corrected chi connectivity index (χ4v) is 4.34. The molecule has 1 aliphatic carbocycles. The molecule has 1 saturated carbocycles. The number of hydrogen-bond donors (Lipinski definition) is 2. The highest BCUT2D eigenvalue weighted by atomic mass is 35.5. The quantitative estimate of drug-likeness (QED) is 0.464. The smallest absolute Gasteiger partial charge is 0.389 e. The van der Waals surface area contributed by atoms with Gasteiger partial charge >= 0.3 is 6.18 Å². The second kappa shape index (κ2) is 10.6. The van der Waals surface area contributed by atoms with E-state index in [1.165, 1.54) is 12.1 Å². The predicted molar refractivity (Wildman–Crippen MR) is 118 cm³/mol. The number of halogens is 6.